The minimum atomic E-state index is -4.49. The molecule has 3 nitrogen and oxygen atoms in total. The van der Waals surface area contributed by atoms with Crippen molar-refractivity contribution < 1.29 is 13.2 Å². The van der Waals surface area contributed by atoms with E-state index in [1.54, 1.807) is 0 Å². The monoisotopic (exact) mass is 222 g/mol. The molecule has 0 fully saturated rings. The topological polar surface area (TPSA) is 37.8 Å². The number of aromatic nitrogens is 2. The third-order valence-electron chi connectivity index (χ3n) is 2.02. The van der Waals surface area contributed by atoms with E-state index >= 15 is 0 Å². The third-order valence-corrected chi connectivity index (χ3v) is 2.02. The predicted octanol–water partition coefficient (Wildman–Crippen LogP) is 2.16. The normalized spacial score (nSPS) is 12.5. The van der Waals surface area contributed by atoms with Crippen LogP contribution >= 0.6 is 0 Å². The number of alkyl halides is 3. The van der Waals surface area contributed by atoms with E-state index < -0.39 is 17.4 Å². The molecule has 0 saturated carbocycles. The van der Waals surface area contributed by atoms with Gasteiger partial charge in [-0.05, 0) is 12.8 Å². The highest BCUT2D eigenvalue weighted by Crippen LogP contribution is 2.28. The van der Waals surface area contributed by atoms with Crippen LogP contribution in [0.3, 0.4) is 0 Å². The fourth-order valence-electron chi connectivity index (χ4n) is 1.35. The minimum Gasteiger partial charge on any atom is -0.291 e. The molecule has 0 saturated heterocycles. The van der Waals surface area contributed by atoms with Crippen molar-refractivity contribution in [3.05, 3.63) is 21.6 Å². The molecule has 1 N–H and O–H groups in total. The van der Waals surface area contributed by atoms with Gasteiger partial charge in [0.1, 0.15) is 5.69 Å². The van der Waals surface area contributed by atoms with Crippen molar-refractivity contribution in [3.63, 3.8) is 0 Å². The van der Waals surface area contributed by atoms with Crippen molar-refractivity contribution in [2.45, 2.75) is 33.5 Å². The average Bonchev–Trinajstić information content (AvgIpc) is 2.30. The molecule has 0 aliphatic carbocycles. The zero-order valence-corrected chi connectivity index (χ0v) is 8.77. The number of hydrogen-bond acceptors (Lipinski definition) is 1. The maximum Gasteiger partial charge on any atom is 0.433 e. The van der Waals surface area contributed by atoms with Gasteiger partial charge in [-0.25, -0.2) is 0 Å². The van der Waals surface area contributed by atoms with Gasteiger partial charge in [0.25, 0.3) is 5.56 Å². The molecule has 0 unspecified atom stereocenters. The van der Waals surface area contributed by atoms with E-state index in [0.29, 0.717) is 0 Å². The minimum absolute atomic E-state index is 0.113. The van der Waals surface area contributed by atoms with Crippen molar-refractivity contribution in [2.75, 3.05) is 0 Å². The summed E-state index contributed by atoms with van der Waals surface area (Å²) in [5.41, 5.74) is -1.83. The van der Waals surface area contributed by atoms with Crippen LogP contribution < -0.4 is 5.56 Å². The fraction of sp³-hybridized carbons (Fsp3) is 0.667. The quantitative estimate of drug-likeness (QED) is 0.818. The Morgan fingerprint density at radius 1 is 1.40 bits per heavy atom. The van der Waals surface area contributed by atoms with E-state index in [1.165, 1.54) is 6.92 Å². The molecule has 0 amide bonds. The highest BCUT2D eigenvalue weighted by Gasteiger charge is 2.36. The summed E-state index contributed by atoms with van der Waals surface area (Å²) in [7, 11) is 0. The largest absolute Gasteiger partial charge is 0.433 e. The van der Waals surface area contributed by atoms with Crippen LogP contribution in [-0.2, 0) is 12.7 Å². The van der Waals surface area contributed by atoms with E-state index in [4.69, 9.17) is 0 Å². The van der Waals surface area contributed by atoms with Gasteiger partial charge in [0.05, 0.1) is 0 Å². The second-order valence-electron chi connectivity index (χ2n) is 3.92. The summed E-state index contributed by atoms with van der Waals surface area (Å²) in [6.07, 6.45) is -4.49. The molecule has 0 spiro atoms. The molecule has 1 aromatic rings. The summed E-state index contributed by atoms with van der Waals surface area (Å²) in [6, 6.07) is 0. The summed E-state index contributed by atoms with van der Waals surface area (Å²) >= 11 is 0. The number of rotatable bonds is 2. The summed E-state index contributed by atoms with van der Waals surface area (Å²) in [5, 5.41) is 2.10. The summed E-state index contributed by atoms with van der Waals surface area (Å²) in [5.74, 6) is 0.113. The van der Waals surface area contributed by atoms with Crippen LogP contribution in [0.4, 0.5) is 13.2 Å². The highest BCUT2D eigenvalue weighted by atomic mass is 19.4. The molecule has 0 bridgehead atoms. The van der Waals surface area contributed by atoms with Gasteiger partial charge in [-0.3, -0.25) is 14.6 Å². The van der Waals surface area contributed by atoms with E-state index in [-0.39, 0.29) is 18.0 Å². The number of hydrogen-bond donors (Lipinski definition) is 1. The van der Waals surface area contributed by atoms with Gasteiger partial charge in [0.15, 0.2) is 0 Å². The van der Waals surface area contributed by atoms with Gasteiger partial charge in [-0.15, -0.1) is 0 Å². The molecule has 0 aliphatic rings. The lowest BCUT2D eigenvalue weighted by molar-refractivity contribution is -0.142. The Balaban J connectivity index is 3.19. The number of H-pyrrole nitrogens is 1. The molecule has 0 atom stereocenters. The summed E-state index contributed by atoms with van der Waals surface area (Å²) in [6.45, 7) is 5.10. The third kappa shape index (κ3) is 2.43. The highest BCUT2D eigenvalue weighted by molar-refractivity contribution is 5.18. The van der Waals surface area contributed by atoms with Gasteiger partial charge in [-0.2, -0.15) is 13.2 Å². The molecule has 0 aliphatic heterocycles. The first kappa shape index (κ1) is 11.9. The van der Waals surface area contributed by atoms with Gasteiger partial charge < -0.3 is 0 Å². The van der Waals surface area contributed by atoms with E-state index in [9.17, 15) is 18.0 Å². The standard InChI is InChI=1S/C9H13F3N2O/c1-5(2)4-14-8(15)6(3)7(13-14)9(10,11)12/h5,13H,4H2,1-3H3. The van der Waals surface area contributed by atoms with Crippen molar-refractivity contribution in [3.8, 4) is 0 Å². The zero-order chi connectivity index (χ0) is 11.8. The van der Waals surface area contributed by atoms with Gasteiger partial charge in [0.2, 0.25) is 0 Å². The van der Waals surface area contributed by atoms with Crippen molar-refractivity contribution in [2.24, 2.45) is 5.92 Å². The first-order chi connectivity index (χ1) is 6.73. The van der Waals surface area contributed by atoms with Crippen molar-refractivity contribution >= 4 is 0 Å². The van der Waals surface area contributed by atoms with Crippen LogP contribution in [0, 0.1) is 12.8 Å². The van der Waals surface area contributed by atoms with E-state index in [2.05, 4.69) is 5.10 Å². The Labute approximate surface area is 84.9 Å². The molecule has 15 heavy (non-hydrogen) atoms. The van der Waals surface area contributed by atoms with Gasteiger partial charge in [0, 0.05) is 12.1 Å². The SMILES string of the molecule is Cc1c(C(F)(F)F)[nH]n(CC(C)C)c1=O. The molecular formula is C9H13F3N2O. The molecule has 1 aromatic heterocycles. The Bertz CT molecular complexity index is 400. The van der Waals surface area contributed by atoms with Crippen molar-refractivity contribution in [1.82, 2.24) is 9.78 Å². The lowest BCUT2D eigenvalue weighted by atomic mass is 10.2. The van der Waals surface area contributed by atoms with E-state index in [0.717, 1.165) is 4.68 Å². The fourth-order valence-corrected chi connectivity index (χ4v) is 1.35. The van der Waals surface area contributed by atoms with E-state index in [1.807, 2.05) is 13.8 Å². The lowest BCUT2D eigenvalue weighted by Gasteiger charge is -2.06. The maximum atomic E-state index is 12.4. The molecule has 6 heteroatoms. The van der Waals surface area contributed by atoms with Crippen LogP contribution in [0.5, 0.6) is 0 Å². The second kappa shape index (κ2) is 3.75. The van der Waals surface area contributed by atoms with Crippen LogP contribution in [0.25, 0.3) is 0 Å². The number of nitrogens with zero attached hydrogens (tertiary/aromatic N) is 1. The average molecular weight is 222 g/mol. The molecule has 0 aromatic carbocycles. The Kier molecular flexibility index (Phi) is 2.97. The number of nitrogens with one attached hydrogen (secondary N) is 1. The molecular weight excluding hydrogens is 209 g/mol. The summed E-state index contributed by atoms with van der Waals surface area (Å²) in [4.78, 5) is 11.4. The van der Waals surface area contributed by atoms with Crippen LogP contribution in [0.1, 0.15) is 25.1 Å². The lowest BCUT2D eigenvalue weighted by Crippen LogP contribution is -2.20. The van der Waals surface area contributed by atoms with Crippen LogP contribution in [-0.4, -0.2) is 9.78 Å². The van der Waals surface area contributed by atoms with Gasteiger partial charge >= 0.3 is 6.18 Å². The summed E-state index contributed by atoms with van der Waals surface area (Å²) < 4.78 is 38.2. The smallest absolute Gasteiger partial charge is 0.291 e. The van der Waals surface area contributed by atoms with Crippen molar-refractivity contribution in [1.29, 1.82) is 0 Å². The molecule has 86 valence electrons. The molecule has 0 radical (unpaired) electrons. The molecule has 1 rings (SSSR count). The first-order valence-corrected chi connectivity index (χ1v) is 4.60. The second-order valence-corrected chi connectivity index (χ2v) is 3.92. The Morgan fingerprint density at radius 3 is 2.27 bits per heavy atom. The Morgan fingerprint density at radius 2 is 1.93 bits per heavy atom. The zero-order valence-electron chi connectivity index (χ0n) is 8.77. The number of aromatic amines is 1. The van der Waals surface area contributed by atoms with Crippen LogP contribution in [0.15, 0.2) is 4.79 Å². The molecule has 1 heterocycles. The Hall–Kier alpha value is -1.20. The number of halogens is 3. The van der Waals surface area contributed by atoms with Crippen LogP contribution in [0.2, 0.25) is 0 Å². The van der Waals surface area contributed by atoms with Gasteiger partial charge in [-0.1, -0.05) is 13.8 Å². The maximum absolute atomic E-state index is 12.4. The first-order valence-electron chi connectivity index (χ1n) is 4.60. The predicted molar refractivity (Wildman–Crippen MR) is 49.6 cm³/mol.